The molecule has 0 spiro atoms. The summed E-state index contributed by atoms with van der Waals surface area (Å²) in [5.41, 5.74) is 0.449. The van der Waals surface area contributed by atoms with Crippen LogP contribution >= 0.6 is 0 Å². The van der Waals surface area contributed by atoms with Gasteiger partial charge in [0.1, 0.15) is 5.69 Å². The van der Waals surface area contributed by atoms with Crippen LogP contribution in [0, 0.1) is 16.0 Å². The van der Waals surface area contributed by atoms with Crippen LogP contribution in [0.2, 0.25) is 0 Å². The SMILES string of the molecule is CCc1nn(C)c(NC(CO)C(C)C)c1[N+](=O)[O-]. The van der Waals surface area contributed by atoms with Gasteiger partial charge in [0.25, 0.3) is 0 Å². The molecular weight excluding hydrogens is 236 g/mol. The number of rotatable bonds is 6. The molecule has 0 fully saturated rings. The molecule has 0 aromatic carbocycles. The molecule has 7 nitrogen and oxygen atoms in total. The molecule has 0 saturated carbocycles. The summed E-state index contributed by atoms with van der Waals surface area (Å²) in [5, 5.41) is 27.5. The fraction of sp³-hybridized carbons (Fsp3) is 0.727. The van der Waals surface area contributed by atoms with Crippen LogP contribution in [0.15, 0.2) is 0 Å². The van der Waals surface area contributed by atoms with Crippen LogP contribution in [-0.2, 0) is 13.5 Å². The number of nitrogens with one attached hydrogen (secondary N) is 1. The van der Waals surface area contributed by atoms with Crippen molar-refractivity contribution in [3.8, 4) is 0 Å². The average molecular weight is 256 g/mol. The number of aromatic nitrogens is 2. The highest BCUT2D eigenvalue weighted by atomic mass is 16.6. The lowest BCUT2D eigenvalue weighted by atomic mass is 10.1. The van der Waals surface area contributed by atoms with Crippen molar-refractivity contribution < 1.29 is 10.0 Å². The van der Waals surface area contributed by atoms with E-state index < -0.39 is 4.92 Å². The Morgan fingerprint density at radius 3 is 2.56 bits per heavy atom. The average Bonchev–Trinajstić information content (AvgIpc) is 2.62. The Morgan fingerprint density at radius 1 is 1.56 bits per heavy atom. The van der Waals surface area contributed by atoms with E-state index in [1.807, 2.05) is 20.8 Å². The van der Waals surface area contributed by atoms with Gasteiger partial charge in [-0.05, 0) is 12.3 Å². The van der Waals surface area contributed by atoms with Gasteiger partial charge in [0.15, 0.2) is 0 Å². The quantitative estimate of drug-likeness (QED) is 0.591. The molecule has 0 saturated heterocycles. The first kappa shape index (κ1) is 14.4. The highest BCUT2D eigenvalue weighted by Gasteiger charge is 2.27. The molecule has 0 aliphatic heterocycles. The summed E-state index contributed by atoms with van der Waals surface area (Å²) >= 11 is 0. The predicted molar refractivity (Wildman–Crippen MR) is 68.6 cm³/mol. The maximum atomic E-state index is 11.1. The molecule has 0 radical (unpaired) electrons. The summed E-state index contributed by atoms with van der Waals surface area (Å²) in [6.07, 6.45) is 0.497. The minimum absolute atomic E-state index is 0.000833. The van der Waals surface area contributed by atoms with E-state index in [4.69, 9.17) is 0 Å². The van der Waals surface area contributed by atoms with Crippen molar-refractivity contribution in [3.63, 3.8) is 0 Å². The topological polar surface area (TPSA) is 93.2 Å². The number of aliphatic hydroxyl groups excluding tert-OH is 1. The van der Waals surface area contributed by atoms with Crippen molar-refractivity contribution >= 4 is 11.5 Å². The van der Waals surface area contributed by atoms with Crippen LogP contribution in [0.5, 0.6) is 0 Å². The molecule has 102 valence electrons. The summed E-state index contributed by atoms with van der Waals surface area (Å²) in [6.45, 7) is 5.63. The molecule has 1 rings (SSSR count). The predicted octanol–water partition coefficient (Wildman–Crippen LogP) is 1.32. The summed E-state index contributed by atoms with van der Waals surface area (Å²) in [6, 6.07) is -0.233. The first-order valence-corrected chi connectivity index (χ1v) is 6.00. The maximum Gasteiger partial charge on any atom is 0.333 e. The van der Waals surface area contributed by atoms with E-state index in [1.54, 1.807) is 7.05 Å². The van der Waals surface area contributed by atoms with Gasteiger partial charge >= 0.3 is 5.69 Å². The third-order valence-corrected chi connectivity index (χ3v) is 2.93. The molecule has 1 atom stereocenters. The Kier molecular flexibility index (Phi) is 4.66. The van der Waals surface area contributed by atoms with Gasteiger partial charge in [0, 0.05) is 7.05 Å². The normalized spacial score (nSPS) is 12.8. The summed E-state index contributed by atoms with van der Waals surface area (Å²) in [7, 11) is 1.66. The first-order chi connectivity index (χ1) is 8.42. The second-order valence-corrected chi connectivity index (χ2v) is 4.56. The van der Waals surface area contributed by atoms with Gasteiger partial charge in [-0.2, -0.15) is 5.10 Å². The molecule has 1 aromatic heterocycles. The molecule has 0 aliphatic carbocycles. The number of aliphatic hydroxyl groups is 1. The lowest BCUT2D eigenvalue weighted by molar-refractivity contribution is -0.384. The fourth-order valence-corrected chi connectivity index (χ4v) is 1.76. The van der Waals surface area contributed by atoms with Crippen molar-refractivity contribution in [1.82, 2.24) is 9.78 Å². The van der Waals surface area contributed by atoms with Crippen LogP contribution in [0.3, 0.4) is 0 Å². The van der Waals surface area contributed by atoms with Gasteiger partial charge in [-0.3, -0.25) is 10.1 Å². The van der Waals surface area contributed by atoms with Gasteiger partial charge in [0.2, 0.25) is 5.82 Å². The van der Waals surface area contributed by atoms with Gasteiger partial charge < -0.3 is 10.4 Å². The molecule has 7 heteroatoms. The number of hydrogen-bond acceptors (Lipinski definition) is 5. The van der Waals surface area contributed by atoms with Crippen LogP contribution in [0.1, 0.15) is 26.5 Å². The van der Waals surface area contributed by atoms with Crippen LogP contribution in [0.25, 0.3) is 0 Å². The molecule has 2 N–H and O–H groups in total. The lowest BCUT2D eigenvalue weighted by Crippen LogP contribution is -2.30. The Bertz CT molecular complexity index is 428. The van der Waals surface area contributed by atoms with Gasteiger partial charge in [-0.15, -0.1) is 0 Å². The number of hydrogen-bond donors (Lipinski definition) is 2. The Hall–Kier alpha value is -1.63. The maximum absolute atomic E-state index is 11.1. The lowest BCUT2D eigenvalue weighted by Gasteiger charge is -2.20. The van der Waals surface area contributed by atoms with Crippen molar-refractivity contribution in [2.24, 2.45) is 13.0 Å². The van der Waals surface area contributed by atoms with Crippen molar-refractivity contribution in [2.45, 2.75) is 33.2 Å². The van der Waals surface area contributed by atoms with E-state index in [0.29, 0.717) is 17.9 Å². The van der Waals surface area contributed by atoms with E-state index in [1.165, 1.54) is 4.68 Å². The zero-order valence-corrected chi connectivity index (χ0v) is 11.2. The zero-order valence-electron chi connectivity index (χ0n) is 11.2. The van der Waals surface area contributed by atoms with Gasteiger partial charge in [0.05, 0.1) is 17.6 Å². The third-order valence-electron chi connectivity index (χ3n) is 2.93. The Labute approximate surface area is 106 Å². The summed E-state index contributed by atoms with van der Waals surface area (Å²) < 4.78 is 1.46. The largest absolute Gasteiger partial charge is 0.394 e. The highest BCUT2D eigenvalue weighted by Crippen LogP contribution is 2.29. The van der Waals surface area contributed by atoms with Gasteiger partial charge in [-0.25, -0.2) is 4.68 Å². The molecule has 0 bridgehead atoms. The fourth-order valence-electron chi connectivity index (χ4n) is 1.76. The van der Waals surface area contributed by atoms with E-state index >= 15 is 0 Å². The number of aryl methyl sites for hydroxylation is 2. The second-order valence-electron chi connectivity index (χ2n) is 4.56. The minimum Gasteiger partial charge on any atom is -0.394 e. The summed E-state index contributed by atoms with van der Waals surface area (Å²) in [5.74, 6) is 0.513. The van der Waals surface area contributed by atoms with E-state index in [2.05, 4.69) is 10.4 Å². The second kappa shape index (κ2) is 5.81. The third kappa shape index (κ3) is 2.79. The van der Waals surface area contributed by atoms with Crippen molar-refractivity contribution in [3.05, 3.63) is 15.8 Å². The Balaban J connectivity index is 3.14. The summed E-state index contributed by atoms with van der Waals surface area (Å²) in [4.78, 5) is 10.7. The van der Waals surface area contributed by atoms with E-state index in [0.717, 1.165) is 0 Å². The molecular formula is C11H20N4O3. The molecule has 0 amide bonds. The van der Waals surface area contributed by atoms with Crippen molar-refractivity contribution in [1.29, 1.82) is 0 Å². The van der Waals surface area contributed by atoms with E-state index in [9.17, 15) is 15.2 Å². The first-order valence-electron chi connectivity index (χ1n) is 6.00. The monoisotopic (exact) mass is 256 g/mol. The smallest absolute Gasteiger partial charge is 0.333 e. The van der Waals surface area contributed by atoms with Crippen LogP contribution < -0.4 is 5.32 Å². The standard InChI is InChI=1S/C11H20N4O3/c1-5-8-10(15(17)18)11(14(4)13-8)12-9(6-16)7(2)3/h7,9,12,16H,5-6H2,1-4H3. The Morgan fingerprint density at radius 2 is 2.17 bits per heavy atom. The highest BCUT2D eigenvalue weighted by molar-refractivity contribution is 5.60. The van der Waals surface area contributed by atoms with Crippen LogP contribution in [-0.4, -0.2) is 32.5 Å². The minimum atomic E-state index is -0.428. The molecule has 18 heavy (non-hydrogen) atoms. The number of nitro groups is 1. The van der Waals surface area contributed by atoms with Crippen LogP contribution in [0.4, 0.5) is 11.5 Å². The number of nitrogens with zero attached hydrogens (tertiary/aromatic N) is 3. The van der Waals surface area contributed by atoms with Crippen molar-refractivity contribution in [2.75, 3.05) is 11.9 Å². The number of anilines is 1. The van der Waals surface area contributed by atoms with Gasteiger partial charge in [-0.1, -0.05) is 20.8 Å². The van der Waals surface area contributed by atoms with E-state index in [-0.39, 0.29) is 24.3 Å². The molecule has 1 aromatic rings. The zero-order chi connectivity index (χ0) is 13.9. The molecule has 1 unspecified atom stereocenters. The molecule has 0 aliphatic rings. The molecule has 1 heterocycles.